The van der Waals surface area contributed by atoms with Crippen LogP contribution in [0.4, 0.5) is 0 Å². The van der Waals surface area contributed by atoms with Gasteiger partial charge >= 0.3 is 5.91 Å². The largest absolute Gasteiger partial charge is 0.444 e. The van der Waals surface area contributed by atoms with Crippen molar-refractivity contribution in [3.63, 3.8) is 0 Å². The molecule has 0 bridgehead atoms. The third kappa shape index (κ3) is 1.66. The van der Waals surface area contributed by atoms with E-state index in [-0.39, 0.29) is 11.7 Å². The average Bonchev–Trinajstić information content (AvgIpc) is 2.94. The number of carbonyl (C=O) groups is 1. The highest BCUT2D eigenvalue weighted by Gasteiger charge is 2.16. The number of carbonyl (C=O) groups excluding carboxylic acids is 1. The van der Waals surface area contributed by atoms with Crippen LogP contribution in [0.5, 0.6) is 0 Å². The first-order chi connectivity index (χ1) is 8.25. The van der Waals surface area contributed by atoms with Crippen LogP contribution >= 0.6 is 15.9 Å². The van der Waals surface area contributed by atoms with Crippen molar-refractivity contribution in [1.29, 1.82) is 0 Å². The zero-order chi connectivity index (χ0) is 11.8. The standard InChI is InChI=1S/C11H6BrN3O2/c12-10-6-5-9(17-10)11(16)15-8-4-2-1-3-7(8)13-14-15/h1-6H. The van der Waals surface area contributed by atoms with Gasteiger partial charge in [0.25, 0.3) is 0 Å². The van der Waals surface area contributed by atoms with E-state index in [0.717, 1.165) is 0 Å². The van der Waals surface area contributed by atoms with Crippen LogP contribution in [0.2, 0.25) is 0 Å². The summed E-state index contributed by atoms with van der Waals surface area (Å²) in [5, 5.41) is 7.73. The van der Waals surface area contributed by atoms with E-state index in [4.69, 9.17) is 4.42 Å². The summed E-state index contributed by atoms with van der Waals surface area (Å²) in [7, 11) is 0. The van der Waals surface area contributed by atoms with Crippen LogP contribution in [0, 0.1) is 0 Å². The minimum Gasteiger partial charge on any atom is -0.444 e. The van der Waals surface area contributed by atoms with E-state index in [1.54, 1.807) is 24.3 Å². The fourth-order valence-electron chi connectivity index (χ4n) is 1.55. The molecule has 5 nitrogen and oxygen atoms in total. The molecule has 0 atom stereocenters. The van der Waals surface area contributed by atoms with Crippen molar-refractivity contribution in [1.82, 2.24) is 15.0 Å². The number of aromatic nitrogens is 3. The van der Waals surface area contributed by atoms with Crippen molar-refractivity contribution in [2.45, 2.75) is 0 Å². The lowest BCUT2D eigenvalue weighted by Gasteiger charge is -1.96. The van der Waals surface area contributed by atoms with Gasteiger partial charge < -0.3 is 4.42 Å². The van der Waals surface area contributed by atoms with Crippen LogP contribution in [0.3, 0.4) is 0 Å². The Morgan fingerprint density at radius 3 is 2.82 bits per heavy atom. The second kappa shape index (κ2) is 3.81. The number of benzene rings is 1. The molecule has 0 aliphatic rings. The molecular formula is C11H6BrN3O2. The Hall–Kier alpha value is -1.95. The summed E-state index contributed by atoms with van der Waals surface area (Å²) >= 11 is 3.15. The minimum absolute atomic E-state index is 0.215. The highest BCUT2D eigenvalue weighted by atomic mass is 79.9. The lowest BCUT2D eigenvalue weighted by Crippen LogP contribution is -2.12. The van der Waals surface area contributed by atoms with Gasteiger partial charge in [-0.15, -0.1) is 5.10 Å². The monoisotopic (exact) mass is 291 g/mol. The van der Waals surface area contributed by atoms with Gasteiger partial charge in [0, 0.05) is 0 Å². The first-order valence-electron chi connectivity index (χ1n) is 4.86. The maximum Gasteiger partial charge on any atom is 0.315 e. The van der Waals surface area contributed by atoms with Gasteiger partial charge in [0.15, 0.2) is 10.4 Å². The molecule has 84 valence electrons. The normalized spacial score (nSPS) is 10.9. The zero-order valence-electron chi connectivity index (χ0n) is 8.50. The quantitative estimate of drug-likeness (QED) is 0.691. The van der Waals surface area contributed by atoms with E-state index in [2.05, 4.69) is 26.2 Å². The fourth-order valence-corrected chi connectivity index (χ4v) is 1.86. The number of fused-ring (bicyclic) bond motifs is 1. The first-order valence-corrected chi connectivity index (χ1v) is 5.65. The Labute approximate surface area is 104 Å². The molecule has 0 N–H and O–H groups in total. The molecule has 2 heterocycles. The summed E-state index contributed by atoms with van der Waals surface area (Å²) in [5.74, 6) is -0.128. The van der Waals surface area contributed by atoms with Gasteiger partial charge in [0.2, 0.25) is 0 Å². The zero-order valence-corrected chi connectivity index (χ0v) is 10.1. The van der Waals surface area contributed by atoms with E-state index in [9.17, 15) is 4.79 Å². The summed E-state index contributed by atoms with van der Waals surface area (Å²) in [5.41, 5.74) is 1.33. The van der Waals surface area contributed by atoms with E-state index in [1.807, 2.05) is 12.1 Å². The molecule has 0 aliphatic carbocycles. The van der Waals surface area contributed by atoms with Crippen molar-refractivity contribution < 1.29 is 9.21 Å². The molecule has 0 spiro atoms. The summed E-state index contributed by atoms with van der Waals surface area (Å²) in [4.78, 5) is 12.1. The van der Waals surface area contributed by atoms with Crippen LogP contribution in [0.15, 0.2) is 45.5 Å². The Morgan fingerprint density at radius 2 is 2.06 bits per heavy atom. The number of hydrogen-bond acceptors (Lipinski definition) is 4. The van der Waals surface area contributed by atoms with Gasteiger partial charge in [0.05, 0.1) is 5.52 Å². The molecular weight excluding hydrogens is 286 g/mol. The lowest BCUT2D eigenvalue weighted by atomic mass is 10.3. The Balaban J connectivity index is 2.13. The third-order valence-corrected chi connectivity index (χ3v) is 2.75. The van der Waals surface area contributed by atoms with Gasteiger partial charge in [-0.25, -0.2) is 0 Å². The Morgan fingerprint density at radius 1 is 1.24 bits per heavy atom. The molecule has 6 heteroatoms. The molecule has 0 fully saturated rings. The highest BCUT2D eigenvalue weighted by molar-refractivity contribution is 9.10. The van der Waals surface area contributed by atoms with Crippen molar-refractivity contribution in [2.24, 2.45) is 0 Å². The third-order valence-electron chi connectivity index (χ3n) is 2.33. The molecule has 0 radical (unpaired) electrons. The summed E-state index contributed by atoms with van der Waals surface area (Å²) in [6, 6.07) is 10.5. The predicted octanol–water partition coefficient (Wildman–Crippen LogP) is 2.48. The van der Waals surface area contributed by atoms with Crippen molar-refractivity contribution in [3.05, 3.63) is 46.8 Å². The van der Waals surface area contributed by atoms with Crippen LogP contribution in [0.25, 0.3) is 11.0 Å². The molecule has 0 unspecified atom stereocenters. The Kier molecular flexibility index (Phi) is 2.29. The topological polar surface area (TPSA) is 60.9 Å². The summed E-state index contributed by atoms with van der Waals surface area (Å²) in [6.45, 7) is 0. The van der Waals surface area contributed by atoms with Gasteiger partial charge in [-0.2, -0.15) is 4.68 Å². The molecule has 0 saturated carbocycles. The number of furan rings is 1. The maximum absolute atomic E-state index is 12.1. The first kappa shape index (κ1) is 10.2. The Bertz CT molecular complexity index is 701. The lowest BCUT2D eigenvalue weighted by molar-refractivity contribution is 0.0919. The number of rotatable bonds is 1. The summed E-state index contributed by atoms with van der Waals surface area (Å²) in [6.07, 6.45) is 0. The van der Waals surface area contributed by atoms with Crippen LogP contribution in [-0.2, 0) is 0 Å². The second-order valence-electron chi connectivity index (χ2n) is 3.40. The second-order valence-corrected chi connectivity index (χ2v) is 4.18. The van der Waals surface area contributed by atoms with E-state index in [1.165, 1.54) is 4.68 Å². The van der Waals surface area contributed by atoms with E-state index >= 15 is 0 Å². The van der Waals surface area contributed by atoms with Gasteiger partial charge in [0.1, 0.15) is 5.52 Å². The number of nitrogens with zero attached hydrogens (tertiary/aromatic N) is 3. The number of halogens is 1. The molecule has 0 saturated heterocycles. The number of para-hydroxylation sites is 1. The average molecular weight is 292 g/mol. The van der Waals surface area contributed by atoms with Gasteiger partial charge in [-0.3, -0.25) is 4.79 Å². The van der Waals surface area contributed by atoms with E-state index in [0.29, 0.717) is 15.7 Å². The molecule has 3 rings (SSSR count). The molecule has 0 amide bonds. The van der Waals surface area contributed by atoms with Gasteiger partial charge in [-0.05, 0) is 40.2 Å². The van der Waals surface area contributed by atoms with Gasteiger partial charge in [-0.1, -0.05) is 17.3 Å². The van der Waals surface area contributed by atoms with Crippen LogP contribution in [0.1, 0.15) is 10.6 Å². The summed E-state index contributed by atoms with van der Waals surface area (Å²) < 4.78 is 6.92. The van der Waals surface area contributed by atoms with Crippen molar-refractivity contribution in [2.75, 3.05) is 0 Å². The van der Waals surface area contributed by atoms with Crippen molar-refractivity contribution >= 4 is 32.9 Å². The SMILES string of the molecule is O=C(c1ccc(Br)o1)n1nnc2ccccc21. The fraction of sp³-hybridized carbons (Fsp3) is 0. The predicted molar refractivity (Wildman–Crippen MR) is 63.7 cm³/mol. The van der Waals surface area contributed by atoms with Crippen LogP contribution in [-0.4, -0.2) is 20.9 Å². The maximum atomic E-state index is 12.1. The minimum atomic E-state index is -0.343. The molecule has 0 aliphatic heterocycles. The molecule has 17 heavy (non-hydrogen) atoms. The smallest absolute Gasteiger partial charge is 0.315 e. The molecule has 2 aromatic heterocycles. The molecule has 1 aromatic carbocycles. The highest BCUT2D eigenvalue weighted by Crippen LogP contribution is 2.17. The van der Waals surface area contributed by atoms with Crippen LogP contribution < -0.4 is 0 Å². The molecule has 3 aromatic rings. The number of hydrogen-bond donors (Lipinski definition) is 0. The van der Waals surface area contributed by atoms with Crippen molar-refractivity contribution in [3.8, 4) is 0 Å². The van der Waals surface area contributed by atoms with E-state index < -0.39 is 0 Å².